The quantitative estimate of drug-likeness (QED) is 0.306. The average molecular weight is 469 g/mol. The van der Waals surface area contributed by atoms with Crippen molar-refractivity contribution in [1.29, 1.82) is 0 Å². The molecule has 7 heteroatoms. The van der Waals surface area contributed by atoms with E-state index < -0.39 is 10.0 Å². The van der Waals surface area contributed by atoms with Crippen LogP contribution < -0.4 is 4.72 Å². The van der Waals surface area contributed by atoms with E-state index in [1.807, 2.05) is 55.6 Å². The van der Waals surface area contributed by atoms with Crippen LogP contribution in [0.2, 0.25) is 0 Å². The number of unbranched alkanes of at least 4 members (excludes halogenated alkanes) is 6. The van der Waals surface area contributed by atoms with Gasteiger partial charge >= 0.3 is 0 Å². The van der Waals surface area contributed by atoms with Crippen LogP contribution in [0.25, 0.3) is 11.3 Å². The van der Waals surface area contributed by atoms with E-state index in [1.54, 1.807) is 16.8 Å². The van der Waals surface area contributed by atoms with E-state index in [1.165, 1.54) is 32.1 Å². The summed E-state index contributed by atoms with van der Waals surface area (Å²) in [6.07, 6.45) is 11.0. The van der Waals surface area contributed by atoms with E-state index in [0.717, 1.165) is 36.1 Å². The van der Waals surface area contributed by atoms with E-state index in [0.29, 0.717) is 11.4 Å². The number of rotatable bonds is 14. The lowest BCUT2D eigenvalue weighted by Gasteiger charge is -2.19. The van der Waals surface area contributed by atoms with Gasteiger partial charge in [-0.1, -0.05) is 105 Å². The van der Waals surface area contributed by atoms with E-state index in [2.05, 4.69) is 22.0 Å². The van der Waals surface area contributed by atoms with Crippen molar-refractivity contribution in [2.45, 2.75) is 82.7 Å². The molecule has 1 unspecified atom stereocenters. The molecule has 0 spiro atoms. The lowest BCUT2D eigenvalue weighted by atomic mass is 10.1. The van der Waals surface area contributed by atoms with Crippen molar-refractivity contribution in [3.05, 3.63) is 66.4 Å². The summed E-state index contributed by atoms with van der Waals surface area (Å²) in [6.45, 7) is 4.61. The highest BCUT2D eigenvalue weighted by atomic mass is 32.2. The number of aryl methyl sites for hydroxylation is 1. The highest BCUT2D eigenvalue weighted by Crippen LogP contribution is 2.17. The molecule has 0 fully saturated rings. The second-order valence-corrected chi connectivity index (χ2v) is 10.4. The van der Waals surface area contributed by atoms with Gasteiger partial charge in [-0.15, -0.1) is 5.10 Å². The van der Waals surface area contributed by atoms with Gasteiger partial charge in [0.25, 0.3) is 0 Å². The fourth-order valence-electron chi connectivity index (χ4n) is 3.89. The summed E-state index contributed by atoms with van der Waals surface area (Å²) in [5.41, 5.74) is 2.81. The van der Waals surface area contributed by atoms with Crippen LogP contribution in [0, 0.1) is 6.92 Å². The average Bonchev–Trinajstić information content (AvgIpc) is 3.27. The zero-order valence-corrected chi connectivity index (χ0v) is 20.6. The Labute approximate surface area is 198 Å². The van der Waals surface area contributed by atoms with Gasteiger partial charge in [-0.25, -0.2) is 13.1 Å². The van der Waals surface area contributed by atoms with Crippen LogP contribution in [0.5, 0.6) is 0 Å². The molecule has 2 aromatic carbocycles. The normalized spacial score (nSPS) is 12.7. The molecule has 0 aliphatic heterocycles. The van der Waals surface area contributed by atoms with Crippen LogP contribution in [0.4, 0.5) is 0 Å². The maximum Gasteiger partial charge on any atom is 0.240 e. The number of aromatic nitrogens is 3. The molecule has 0 radical (unpaired) electrons. The van der Waals surface area contributed by atoms with Crippen LogP contribution in [0.3, 0.4) is 0 Å². The number of benzene rings is 2. The largest absolute Gasteiger partial charge is 0.250 e. The van der Waals surface area contributed by atoms with Crippen molar-refractivity contribution >= 4 is 10.0 Å². The summed E-state index contributed by atoms with van der Waals surface area (Å²) in [7, 11) is -3.61. The first-order valence-corrected chi connectivity index (χ1v) is 13.5. The van der Waals surface area contributed by atoms with Gasteiger partial charge in [-0.2, -0.15) is 0 Å². The number of hydrogen-bond donors (Lipinski definition) is 1. The molecule has 1 N–H and O–H groups in total. The molecule has 33 heavy (non-hydrogen) atoms. The van der Waals surface area contributed by atoms with Gasteiger partial charge in [0.15, 0.2) is 0 Å². The number of nitrogens with zero attached hydrogens (tertiary/aromatic N) is 3. The van der Waals surface area contributed by atoms with Crippen LogP contribution in [-0.4, -0.2) is 29.5 Å². The van der Waals surface area contributed by atoms with Crippen molar-refractivity contribution in [2.75, 3.05) is 0 Å². The molecule has 1 heterocycles. The van der Waals surface area contributed by atoms with Crippen LogP contribution in [-0.2, 0) is 16.6 Å². The first-order chi connectivity index (χ1) is 16.0. The Morgan fingerprint density at radius 2 is 1.58 bits per heavy atom. The Kier molecular flexibility index (Phi) is 9.63. The Balaban J connectivity index is 1.66. The fraction of sp³-hybridized carbons (Fsp3) is 0.462. The molecule has 0 aliphatic rings. The third kappa shape index (κ3) is 8.09. The molecule has 0 amide bonds. The van der Waals surface area contributed by atoms with Gasteiger partial charge in [-0.05, 0) is 25.5 Å². The van der Waals surface area contributed by atoms with E-state index in [-0.39, 0.29) is 6.04 Å². The third-order valence-corrected chi connectivity index (χ3v) is 7.36. The van der Waals surface area contributed by atoms with Crippen LogP contribution in [0.1, 0.15) is 63.9 Å². The number of sulfonamides is 1. The molecule has 0 aliphatic carbocycles. The van der Waals surface area contributed by atoms with E-state index >= 15 is 0 Å². The predicted molar refractivity (Wildman–Crippen MR) is 133 cm³/mol. The van der Waals surface area contributed by atoms with Gasteiger partial charge in [0, 0.05) is 11.6 Å². The maximum atomic E-state index is 13.0. The molecular weight excluding hydrogens is 432 g/mol. The van der Waals surface area contributed by atoms with Crippen molar-refractivity contribution in [3.63, 3.8) is 0 Å². The van der Waals surface area contributed by atoms with Crippen LogP contribution in [0.15, 0.2) is 65.7 Å². The molecule has 3 aromatic rings. The van der Waals surface area contributed by atoms with Gasteiger partial charge in [-0.3, -0.25) is 4.68 Å². The van der Waals surface area contributed by atoms with Gasteiger partial charge in [0.05, 0.1) is 17.6 Å². The highest BCUT2D eigenvalue weighted by Gasteiger charge is 2.21. The lowest BCUT2D eigenvalue weighted by Crippen LogP contribution is -2.38. The Morgan fingerprint density at radius 3 is 2.27 bits per heavy atom. The Morgan fingerprint density at radius 1 is 0.909 bits per heavy atom. The second-order valence-electron chi connectivity index (χ2n) is 8.73. The molecule has 3 rings (SSSR count). The minimum absolute atomic E-state index is 0.253. The fourth-order valence-corrected chi connectivity index (χ4v) is 5.16. The zero-order chi connectivity index (χ0) is 23.5. The Hall–Kier alpha value is -2.51. The summed E-state index contributed by atoms with van der Waals surface area (Å²) in [6, 6.07) is 16.6. The van der Waals surface area contributed by atoms with E-state index in [4.69, 9.17) is 0 Å². The first kappa shape index (κ1) is 25.1. The number of hydrogen-bond acceptors (Lipinski definition) is 4. The van der Waals surface area contributed by atoms with Crippen molar-refractivity contribution in [1.82, 2.24) is 19.7 Å². The van der Waals surface area contributed by atoms with Gasteiger partial charge in [0.2, 0.25) is 10.0 Å². The van der Waals surface area contributed by atoms with Crippen LogP contribution >= 0.6 is 0 Å². The van der Waals surface area contributed by atoms with Crippen molar-refractivity contribution in [3.8, 4) is 11.3 Å². The predicted octanol–water partition coefficient (Wildman–Crippen LogP) is 5.74. The van der Waals surface area contributed by atoms with Crippen molar-refractivity contribution < 1.29 is 8.42 Å². The smallest absolute Gasteiger partial charge is 0.240 e. The first-order valence-electron chi connectivity index (χ1n) is 12.0. The SMILES string of the molecule is CCCCCCCCCC(Cn1cc(-c2ccccc2)nn1)NS(=O)(=O)c1ccc(C)cc1. The Bertz CT molecular complexity index is 1060. The standard InChI is InChI=1S/C26H36N4O2S/c1-3-4-5-6-7-8-12-15-24(28-33(31,32)25-18-16-22(2)17-19-25)20-30-21-26(27-29-30)23-13-10-9-11-14-23/h9-11,13-14,16-19,21,24,28H,3-8,12,15,20H2,1-2H3. The molecule has 0 bridgehead atoms. The molecule has 0 saturated carbocycles. The second kappa shape index (κ2) is 12.7. The maximum absolute atomic E-state index is 13.0. The van der Waals surface area contributed by atoms with Crippen molar-refractivity contribution in [2.24, 2.45) is 0 Å². The molecular formula is C26H36N4O2S. The summed E-state index contributed by atoms with van der Waals surface area (Å²) >= 11 is 0. The van der Waals surface area contributed by atoms with Gasteiger partial charge < -0.3 is 0 Å². The summed E-state index contributed by atoms with van der Waals surface area (Å²) in [4.78, 5) is 0.293. The number of nitrogens with one attached hydrogen (secondary N) is 1. The highest BCUT2D eigenvalue weighted by molar-refractivity contribution is 7.89. The lowest BCUT2D eigenvalue weighted by molar-refractivity contribution is 0.423. The molecule has 1 aromatic heterocycles. The summed E-state index contributed by atoms with van der Waals surface area (Å²) in [5, 5.41) is 8.53. The zero-order valence-electron chi connectivity index (χ0n) is 19.8. The molecule has 0 saturated heterocycles. The minimum atomic E-state index is -3.61. The third-order valence-electron chi connectivity index (χ3n) is 5.82. The molecule has 178 valence electrons. The monoisotopic (exact) mass is 468 g/mol. The summed E-state index contributed by atoms with van der Waals surface area (Å²) in [5.74, 6) is 0. The van der Waals surface area contributed by atoms with E-state index in [9.17, 15) is 8.42 Å². The minimum Gasteiger partial charge on any atom is -0.250 e. The molecule has 6 nitrogen and oxygen atoms in total. The summed E-state index contributed by atoms with van der Waals surface area (Å²) < 4.78 is 30.7. The topological polar surface area (TPSA) is 76.9 Å². The van der Waals surface area contributed by atoms with Gasteiger partial charge in [0.1, 0.15) is 5.69 Å². The molecule has 1 atom stereocenters.